The first kappa shape index (κ1) is 14.3. The van der Waals surface area contributed by atoms with E-state index in [0.29, 0.717) is 4.88 Å². The number of carbonyl (C=O) groups is 1. The monoisotopic (exact) mass is 301 g/mol. The molecule has 0 fully saturated rings. The van der Waals surface area contributed by atoms with Gasteiger partial charge in [-0.1, -0.05) is 38.1 Å². The van der Waals surface area contributed by atoms with Gasteiger partial charge in [-0.15, -0.1) is 11.3 Å². The molecule has 1 aromatic carbocycles. The Labute approximate surface area is 128 Å². The molecule has 1 heterocycles. The summed E-state index contributed by atoms with van der Waals surface area (Å²) in [5, 5.41) is 10.4. The van der Waals surface area contributed by atoms with Crippen LogP contribution in [0.5, 0.6) is 0 Å². The number of aryl methyl sites for hydroxylation is 1. The van der Waals surface area contributed by atoms with Crippen LogP contribution in [0.1, 0.15) is 70.0 Å². The summed E-state index contributed by atoms with van der Waals surface area (Å²) in [6.07, 6.45) is 3.31. The molecule has 0 saturated carbocycles. The van der Waals surface area contributed by atoms with Crippen molar-refractivity contribution in [1.82, 2.24) is 4.98 Å². The number of aromatic nitrogens is 1. The maximum atomic E-state index is 11.4. The van der Waals surface area contributed by atoms with E-state index in [1.165, 1.54) is 22.5 Å². The molecule has 2 aromatic rings. The maximum Gasteiger partial charge on any atom is 0.347 e. The number of aromatic carboxylic acids is 1. The van der Waals surface area contributed by atoms with Crippen molar-refractivity contribution < 1.29 is 9.90 Å². The van der Waals surface area contributed by atoms with Gasteiger partial charge in [-0.05, 0) is 36.3 Å². The number of hydrogen-bond acceptors (Lipinski definition) is 3. The SMILES string of the molecule is CC(C)c1nc(C2CCCc3ccccc32)sc1C(=O)O. The second-order valence-electron chi connectivity index (χ2n) is 5.87. The minimum Gasteiger partial charge on any atom is -0.477 e. The molecule has 21 heavy (non-hydrogen) atoms. The van der Waals surface area contributed by atoms with Crippen LogP contribution < -0.4 is 0 Å². The molecule has 3 nitrogen and oxygen atoms in total. The van der Waals surface area contributed by atoms with Crippen LogP contribution >= 0.6 is 11.3 Å². The smallest absolute Gasteiger partial charge is 0.347 e. The molecule has 1 atom stereocenters. The minimum atomic E-state index is -0.855. The maximum absolute atomic E-state index is 11.4. The van der Waals surface area contributed by atoms with Crippen molar-refractivity contribution in [2.24, 2.45) is 0 Å². The van der Waals surface area contributed by atoms with E-state index < -0.39 is 5.97 Å². The number of nitrogens with zero attached hydrogens (tertiary/aromatic N) is 1. The fraction of sp³-hybridized carbons (Fsp3) is 0.412. The van der Waals surface area contributed by atoms with Crippen molar-refractivity contribution in [2.75, 3.05) is 0 Å². The lowest BCUT2D eigenvalue weighted by atomic mass is 9.83. The summed E-state index contributed by atoms with van der Waals surface area (Å²) in [6, 6.07) is 8.48. The summed E-state index contributed by atoms with van der Waals surface area (Å²) < 4.78 is 0. The number of carboxylic acids is 1. The van der Waals surface area contributed by atoms with Crippen LogP contribution in [0.15, 0.2) is 24.3 Å². The van der Waals surface area contributed by atoms with Crippen molar-refractivity contribution in [3.8, 4) is 0 Å². The van der Waals surface area contributed by atoms with Crippen LogP contribution in [0.4, 0.5) is 0 Å². The molecular weight excluding hydrogens is 282 g/mol. The van der Waals surface area contributed by atoms with Gasteiger partial charge in [0.05, 0.1) is 5.69 Å². The summed E-state index contributed by atoms with van der Waals surface area (Å²) in [7, 11) is 0. The third-order valence-electron chi connectivity index (χ3n) is 4.08. The molecule has 0 spiro atoms. The Kier molecular flexibility index (Phi) is 3.81. The van der Waals surface area contributed by atoms with Crippen LogP contribution in [0.25, 0.3) is 0 Å². The van der Waals surface area contributed by atoms with E-state index in [1.54, 1.807) is 0 Å². The van der Waals surface area contributed by atoms with Crippen molar-refractivity contribution in [3.63, 3.8) is 0 Å². The predicted molar refractivity (Wildman–Crippen MR) is 84.4 cm³/mol. The van der Waals surface area contributed by atoms with E-state index in [4.69, 9.17) is 4.98 Å². The highest BCUT2D eigenvalue weighted by molar-refractivity contribution is 7.13. The second-order valence-corrected chi connectivity index (χ2v) is 6.90. The largest absolute Gasteiger partial charge is 0.477 e. The first-order valence-electron chi connectivity index (χ1n) is 7.39. The van der Waals surface area contributed by atoms with E-state index in [9.17, 15) is 9.90 Å². The van der Waals surface area contributed by atoms with Crippen LogP contribution in [0.3, 0.4) is 0 Å². The molecule has 110 valence electrons. The molecule has 4 heteroatoms. The molecule has 1 unspecified atom stereocenters. The van der Waals surface area contributed by atoms with Gasteiger partial charge in [0.25, 0.3) is 0 Å². The zero-order valence-corrected chi connectivity index (χ0v) is 13.1. The minimum absolute atomic E-state index is 0.139. The van der Waals surface area contributed by atoms with E-state index in [0.717, 1.165) is 30.0 Å². The van der Waals surface area contributed by atoms with Gasteiger partial charge in [0, 0.05) is 5.92 Å². The average molecular weight is 301 g/mol. The van der Waals surface area contributed by atoms with Gasteiger partial charge in [0.2, 0.25) is 0 Å². The van der Waals surface area contributed by atoms with Crippen molar-refractivity contribution in [3.05, 3.63) is 51.0 Å². The lowest BCUT2D eigenvalue weighted by Crippen LogP contribution is -2.10. The highest BCUT2D eigenvalue weighted by Crippen LogP contribution is 2.40. The highest BCUT2D eigenvalue weighted by Gasteiger charge is 2.27. The van der Waals surface area contributed by atoms with E-state index >= 15 is 0 Å². The molecule has 1 N–H and O–H groups in total. The van der Waals surface area contributed by atoms with Crippen LogP contribution in [0.2, 0.25) is 0 Å². The quantitative estimate of drug-likeness (QED) is 0.912. The normalized spacial score (nSPS) is 17.8. The van der Waals surface area contributed by atoms with Crippen LogP contribution in [-0.2, 0) is 6.42 Å². The van der Waals surface area contributed by atoms with Gasteiger partial charge >= 0.3 is 5.97 Å². The lowest BCUT2D eigenvalue weighted by Gasteiger charge is -2.23. The summed E-state index contributed by atoms with van der Waals surface area (Å²) >= 11 is 1.36. The zero-order valence-electron chi connectivity index (χ0n) is 12.3. The number of hydrogen-bond donors (Lipinski definition) is 1. The van der Waals surface area contributed by atoms with Gasteiger partial charge in [0.1, 0.15) is 9.88 Å². The Morgan fingerprint density at radius 1 is 1.38 bits per heavy atom. The van der Waals surface area contributed by atoms with Crippen molar-refractivity contribution in [1.29, 1.82) is 0 Å². The molecule has 3 rings (SSSR count). The first-order valence-corrected chi connectivity index (χ1v) is 8.21. The third kappa shape index (κ3) is 2.60. The fourth-order valence-electron chi connectivity index (χ4n) is 3.05. The Hall–Kier alpha value is -1.68. The number of benzene rings is 1. The topological polar surface area (TPSA) is 50.2 Å². The highest BCUT2D eigenvalue weighted by atomic mass is 32.1. The molecule has 0 radical (unpaired) electrons. The number of thiazole rings is 1. The Balaban J connectivity index is 2.06. The Bertz CT molecular complexity index is 675. The van der Waals surface area contributed by atoms with Gasteiger partial charge in [-0.3, -0.25) is 0 Å². The van der Waals surface area contributed by atoms with Gasteiger partial charge in [-0.2, -0.15) is 0 Å². The molecule has 0 amide bonds. The number of carboxylic acid groups (broad SMARTS) is 1. The van der Waals surface area contributed by atoms with E-state index in [1.807, 2.05) is 13.8 Å². The second kappa shape index (κ2) is 5.60. The molecule has 1 aromatic heterocycles. The fourth-order valence-corrected chi connectivity index (χ4v) is 4.27. The molecule has 1 aliphatic rings. The van der Waals surface area contributed by atoms with Crippen molar-refractivity contribution >= 4 is 17.3 Å². The average Bonchev–Trinajstić information content (AvgIpc) is 2.92. The molecule has 1 aliphatic carbocycles. The third-order valence-corrected chi connectivity index (χ3v) is 5.25. The summed E-state index contributed by atoms with van der Waals surface area (Å²) in [4.78, 5) is 16.5. The predicted octanol–water partition coefficient (Wildman–Crippen LogP) is 4.43. The molecule has 0 saturated heterocycles. The summed E-state index contributed by atoms with van der Waals surface area (Å²) in [6.45, 7) is 4.00. The van der Waals surface area contributed by atoms with E-state index in [2.05, 4.69) is 24.3 Å². The number of fused-ring (bicyclic) bond motifs is 1. The van der Waals surface area contributed by atoms with E-state index in [-0.39, 0.29) is 11.8 Å². The van der Waals surface area contributed by atoms with Gasteiger partial charge in [-0.25, -0.2) is 9.78 Å². The zero-order chi connectivity index (χ0) is 15.0. The van der Waals surface area contributed by atoms with Gasteiger partial charge < -0.3 is 5.11 Å². The van der Waals surface area contributed by atoms with Crippen LogP contribution in [-0.4, -0.2) is 16.1 Å². The summed E-state index contributed by atoms with van der Waals surface area (Å²) in [5.74, 6) is -0.461. The van der Waals surface area contributed by atoms with Gasteiger partial charge in [0.15, 0.2) is 0 Å². The summed E-state index contributed by atoms with van der Waals surface area (Å²) in [5.41, 5.74) is 3.43. The molecule has 0 bridgehead atoms. The number of rotatable bonds is 3. The lowest BCUT2D eigenvalue weighted by molar-refractivity contribution is 0.0700. The molecule has 0 aliphatic heterocycles. The van der Waals surface area contributed by atoms with Crippen LogP contribution in [0, 0.1) is 0 Å². The molecular formula is C17H19NO2S. The Morgan fingerprint density at radius 2 is 2.14 bits per heavy atom. The first-order chi connectivity index (χ1) is 10.1. The standard InChI is InChI=1S/C17H19NO2S/c1-10(2)14-15(17(19)20)21-16(18-14)13-9-5-7-11-6-3-4-8-12(11)13/h3-4,6,8,10,13H,5,7,9H2,1-2H3,(H,19,20). The van der Waals surface area contributed by atoms with Crippen molar-refractivity contribution in [2.45, 2.75) is 44.9 Å². The Morgan fingerprint density at radius 3 is 2.81 bits per heavy atom.